The quantitative estimate of drug-likeness (QED) is 0.774. The minimum absolute atomic E-state index is 0.0673. The van der Waals surface area contributed by atoms with Crippen LogP contribution in [0.15, 0.2) is 0 Å². The van der Waals surface area contributed by atoms with Crippen molar-refractivity contribution in [3.05, 3.63) is 0 Å². The molecule has 0 aromatic rings. The van der Waals surface area contributed by atoms with E-state index in [4.69, 9.17) is 0 Å². The van der Waals surface area contributed by atoms with Crippen LogP contribution in [-0.2, 0) is 0 Å². The zero-order valence-corrected chi connectivity index (χ0v) is 10.2. The number of hydrogen-bond donors (Lipinski definition) is 1. The summed E-state index contributed by atoms with van der Waals surface area (Å²) >= 11 is 0. The summed E-state index contributed by atoms with van der Waals surface area (Å²) in [6.45, 7) is 6.91. The van der Waals surface area contributed by atoms with Gasteiger partial charge in [-0.05, 0) is 57.0 Å². The second-order valence-corrected chi connectivity index (χ2v) is 5.69. The average Bonchev–Trinajstić information content (AvgIpc) is 2.15. The van der Waals surface area contributed by atoms with Gasteiger partial charge in [-0.1, -0.05) is 13.8 Å². The summed E-state index contributed by atoms with van der Waals surface area (Å²) in [6.07, 6.45) is 6.43. The van der Waals surface area contributed by atoms with Gasteiger partial charge in [0.15, 0.2) is 0 Å². The van der Waals surface area contributed by atoms with Crippen molar-refractivity contribution in [2.24, 2.45) is 11.8 Å². The van der Waals surface area contributed by atoms with Crippen molar-refractivity contribution < 1.29 is 5.11 Å². The number of likely N-dealkylation sites (tertiary alicyclic amines) is 1. The third-order valence-electron chi connectivity index (χ3n) is 4.31. The first kappa shape index (κ1) is 11.4. The lowest BCUT2D eigenvalue weighted by Crippen LogP contribution is -2.47. The van der Waals surface area contributed by atoms with Crippen molar-refractivity contribution in [2.75, 3.05) is 13.1 Å². The van der Waals surface area contributed by atoms with E-state index in [1.807, 2.05) is 0 Å². The molecule has 1 heterocycles. The zero-order valence-electron chi connectivity index (χ0n) is 10.2. The molecule has 88 valence electrons. The summed E-state index contributed by atoms with van der Waals surface area (Å²) in [4.78, 5) is 2.62. The maximum Gasteiger partial charge on any atom is 0.0591 e. The minimum atomic E-state index is -0.0673. The van der Waals surface area contributed by atoms with E-state index in [1.54, 1.807) is 0 Å². The van der Waals surface area contributed by atoms with Crippen molar-refractivity contribution in [3.63, 3.8) is 0 Å². The Labute approximate surface area is 93.7 Å². The van der Waals surface area contributed by atoms with Crippen molar-refractivity contribution in [3.8, 4) is 0 Å². The maximum absolute atomic E-state index is 10.0. The topological polar surface area (TPSA) is 23.5 Å². The fourth-order valence-corrected chi connectivity index (χ4v) is 3.06. The lowest BCUT2D eigenvalue weighted by molar-refractivity contribution is 0.0155. The van der Waals surface area contributed by atoms with Gasteiger partial charge in [0, 0.05) is 6.04 Å². The number of hydrogen-bond acceptors (Lipinski definition) is 2. The van der Waals surface area contributed by atoms with E-state index in [9.17, 15) is 5.11 Å². The van der Waals surface area contributed by atoms with Crippen LogP contribution in [0.1, 0.15) is 46.0 Å². The van der Waals surface area contributed by atoms with Crippen LogP contribution < -0.4 is 0 Å². The lowest BCUT2D eigenvalue weighted by atomic mass is 9.78. The van der Waals surface area contributed by atoms with E-state index in [1.165, 1.54) is 45.2 Å². The molecule has 0 aromatic carbocycles. The van der Waals surface area contributed by atoms with Crippen LogP contribution in [-0.4, -0.2) is 35.2 Å². The van der Waals surface area contributed by atoms with Crippen LogP contribution in [0.2, 0.25) is 0 Å². The Morgan fingerprint density at radius 3 is 2.07 bits per heavy atom. The molecule has 0 amide bonds. The Balaban J connectivity index is 1.76. The predicted octanol–water partition coefficient (Wildman–Crippen LogP) is 2.27. The smallest absolute Gasteiger partial charge is 0.0591 e. The molecule has 1 unspecified atom stereocenters. The highest BCUT2D eigenvalue weighted by atomic mass is 16.3. The summed E-state index contributed by atoms with van der Waals surface area (Å²) < 4.78 is 0. The van der Waals surface area contributed by atoms with Crippen LogP contribution in [0.4, 0.5) is 0 Å². The molecular weight excluding hydrogens is 186 g/mol. The van der Waals surface area contributed by atoms with Crippen LogP contribution in [0.3, 0.4) is 0 Å². The molecule has 0 aromatic heterocycles. The third kappa shape index (κ3) is 2.54. The summed E-state index contributed by atoms with van der Waals surface area (Å²) in [5, 5.41) is 10.0. The number of rotatable bonds is 3. The van der Waals surface area contributed by atoms with E-state index >= 15 is 0 Å². The highest BCUT2D eigenvalue weighted by molar-refractivity contribution is 4.86. The molecule has 2 aliphatic rings. The second kappa shape index (κ2) is 4.84. The van der Waals surface area contributed by atoms with Gasteiger partial charge in [-0.25, -0.2) is 0 Å². The van der Waals surface area contributed by atoms with E-state index < -0.39 is 0 Å². The summed E-state index contributed by atoms with van der Waals surface area (Å²) in [5.74, 6) is 0.998. The molecule has 1 saturated carbocycles. The van der Waals surface area contributed by atoms with E-state index in [2.05, 4.69) is 18.7 Å². The molecule has 2 fully saturated rings. The molecular formula is C13H25NO. The molecule has 1 saturated heterocycles. The average molecular weight is 211 g/mol. The van der Waals surface area contributed by atoms with Gasteiger partial charge in [0.25, 0.3) is 0 Å². The Morgan fingerprint density at radius 1 is 1.07 bits per heavy atom. The van der Waals surface area contributed by atoms with Crippen molar-refractivity contribution in [1.29, 1.82) is 0 Å². The van der Waals surface area contributed by atoms with Crippen LogP contribution >= 0.6 is 0 Å². The highest BCUT2D eigenvalue weighted by Crippen LogP contribution is 2.33. The van der Waals surface area contributed by atoms with E-state index in [0.29, 0.717) is 11.8 Å². The lowest BCUT2D eigenvalue weighted by Gasteiger charge is -2.43. The molecule has 1 N–H and O–H groups in total. The summed E-state index contributed by atoms with van der Waals surface area (Å²) in [7, 11) is 0. The van der Waals surface area contributed by atoms with Crippen molar-refractivity contribution in [1.82, 2.24) is 4.90 Å². The van der Waals surface area contributed by atoms with Crippen LogP contribution in [0, 0.1) is 11.8 Å². The molecule has 2 rings (SSSR count). The highest BCUT2D eigenvalue weighted by Gasteiger charge is 2.32. The second-order valence-electron chi connectivity index (χ2n) is 5.69. The first-order valence-corrected chi connectivity index (χ1v) is 6.60. The Bertz CT molecular complexity index is 193. The molecule has 1 atom stereocenters. The fraction of sp³-hybridized carbons (Fsp3) is 1.00. The summed E-state index contributed by atoms with van der Waals surface area (Å²) in [6, 6.07) is 0.842. The molecule has 0 radical (unpaired) electrons. The minimum Gasteiger partial charge on any atom is -0.393 e. The number of nitrogens with zero attached hydrogens (tertiary/aromatic N) is 1. The molecule has 1 aliphatic heterocycles. The largest absolute Gasteiger partial charge is 0.393 e. The number of aliphatic hydroxyl groups is 1. The van der Waals surface area contributed by atoms with Crippen LogP contribution in [0.5, 0.6) is 0 Å². The Morgan fingerprint density at radius 2 is 1.67 bits per heavy atom. The normalized spacial score (nSPS) is 35.2. The first-order valence-electron chi connectivity index (χ1n) is 6.60. The molecule has 15 heavy (non-hydrogen) atoms. The van der Waals surface area contributed by atoms with Gasteiger partial charge in [0.05, 0.1) is 6.10 Å². The van der Waals surface area contributed by atoms with Crippen molar-refractivity contribution in [2.45, 2.75) is 58.1 Å². The fourth-order valence-electron chi connectivity index (χ4n) is 3.06. The maximum atomic E-state index is 10.0. The monoisotopic (exact) mass is 211 g/mol. The van der Waals surface area contributed by atoms with Gasteiger partial charge in [0.2, 0.25) is 0 Å². The SMILES string of the molecule is CC(C)C(O)C1CCC(N2CCC2)CC1. The Kier molecular flexibility index (Phi) is 3.68. The Hall–Kier alpha value is -0.0800. The van der Waals surface area contributed by atoms with Gasteiger partial charge in [-0.2, -0.15) is 0 Å². The zero-order chi connectivity index (χ0) is 10.8. The van der Waals surface area contributed by atoms with Gasteiger partial charge < -0.3 is 10.0 Å². The molecule has 2 nitrogen and oxygen atoms in total. The molecule has 0 spiro atoms. The van der Waals surface area contributed by atoms with E-state index in [0.717, 1.165) is 6.04 Å². The summed E-state index contributed by atoms with van der Waals surface area (Å²) in [5.41, 5.74) is 0. The molecule has 0 bridgehead atoms. The first-order chi connectivity index (χ1) is 7.18. The molecule has 1 aliphatic carbocycles. The van der Waals surface area contributed by atoms with Crippen molar-refractivity contribution >= 4 is 0 Å². The van der Waals surface area contributed by atoms with Gasteiger partial charge in [0.1, 0.15) is 0 Å². The van der Waals surface area contributed by atoms with Crippen LogP contribution in [0.25, 0.3) is 0 Å². The number of aliphatic hydroxyl groups excluding tert-OH is 1. The predicted molar refractivity (Wildman–Crippen MR) is 62.8 cm³/mol. The third-order valence-corrected chi connectivity index (χ3v) is 4.31. The van der Waals surface area contributed by atoms with Gasteiger partial charge in [-0.15, -0.1) is 0 Å². The van der Waals surface area contributed by atoms with Gasteiger partial charge in [-0.3, -0.25) is 0 Å². The van der Waals surface area contributed by atoms with E-state index in [-0.39, 0.29) is 6.10 Å². The van der Waals surface area contributed by atoms with Gasteiger partial charge >= 0.3 is 0 Å². The standard InChI is InChI=1S/C13H25NO/c1-10(2)13(15)11-4-6-12(7-5-11)14-8-3-9-14/h10-13,15H,3-9H2,1-2H3. The molecule has 2 heteroatoms.